The van der Waals surface area contributed by atoms with Gasteiger partial charge in [0.05, 0.1) is 0 Å². The molecule has 2 bridgehead atoms. The SMILES string of the molecule is CN(C)/C=N/NC(=O)C12[B]C(CCCC1)CC2. The molecular formula is C12H21BN3O. The first-order valence-electron chi connectivity index (χ1n) is 6.48. The van der Waals surface area contributed by atoms with Gasteiger partial charge in [0.25, 0.3) is 0 Å². The minimum Gasteiger partial charge on any atom is -0.367 e. The van der Waals surface area contributed by atoms with Gasteiger partial charge in [-0.05, 0) is 12.8 Å². The second-order valence-corrected chi connectivity index (χ2v) is 5.52. The molecule has 0 saturated carbocycles. The molecule has 0 aromatic rings. The molecule has 2 fully saturated rings. The van der Waals surface area contributed by atoms with E-state index in [4.69, 9.17) is 0 Å². The van der Waals surface area contributed by atoms with Crippen molar-refractivity contribution in [2.24, 2.45) is 5.10 Å². The molecule has 1 radical (unpaired) electrons. The third kappa shape index (κ3) is 2.82. The van der Waals surface area contributed by atoms with Gasteiger partial charge in [-0.3, -0.25) is 4.79 Å². The van der Waals surface area contributed by atoms with E-state index in [0.717, 1.165) is 19.3 Å². The van der Waals surface area contributed by atoms with Crippen molar-refractivity contribution in [1.82, 2.24) is 10.3 Å². The first-order valence-corrected chi connectivity index (χ1v) is 6.48. The first kappa shape index (κ1) is 12.5. The molecule has 17 heavy (non-hydrogen) atoms. The van der Waals surface area contributed by atoms with Crippen LogP contribution in [-0.4, -0.2) is 38.5 Å². The summed E-state index contributed by atoms with van der Waals surface area (Å²) in [6, 6.07) is 0. The Kier molecular flexibility index (Phi) is 3.74. The van der Waals surface area contributed by atoms with Gasteiger partial charge in [-0.15, -0.1) is 0 Å². The van der Waals surface area contributed by atoms with Crippen LogP contribution >= 0.6 is 0 Å². The standard InChI is InChI=1S/C12H21BN3O/c1-16(2)9-14-15-11(17)12-7-4-3-5-10(13-12)6-8-12/h9-10H,3-8H2,1-2H3,(H,15,17)/b14-9+. The predicted molar refractivity (Wildman–Crippen MR) is 70.2 cm³/mol. The topological polar surface area (TPSA) is 44.7 Å². The van der Waals surface area contributed by atoms with Crippen LogP contribution in [-0.2, 0) is 4.79 Å². The second kappa shape index (κ2) is 5.11. The highest BCUT2D eigenvalue weighted by atomic mass is 16.2. The highest BCUT2D eigenvalue weighted by molar-refractivity contribution is 6.50. The van der Waals surface area contributed by atoms with Gasteiger partial charge in [-0.1, -0.05) is 31.5 Å². The summed E-state index contributed by atoms with van der Waals surface area (Å²) in [5.41, 5.74) is 2.69. The molecule has 93 valence electrons. The number of fused-ring (bicyclic) bond motifs is 2. The van der Waals surface area contributed by atoms with Crippen molar-refractivity contribution >= 4 is 19.5 Å². The number of hydrogen-bond donors (Lipinski definition) is 1. The summed E-state index contributed by atoms with van der Waals surface area (Å²) in [4.78, 5) is 14.0. The summed E-state index contributed by atoms with van der Waals surface area (Å²) in [6.45, 7) is 0. The van der Waals surface area contributed by atoms with E-state index in [9.17, 15) is 4.79 Å². The Morgan fingerprint density at radius 1 is 1.41 bits per heavy atom. The van der Waals surface area contributed by atoms with Crippen LogP contribution < -0.4 is 5.43 Å². The monoisotopic (exact) mass is 234 g/mol. The van der Waals surface area contributed by atoms with E-state index < -0.39 is 0 Å². The molecule has 2 saturated heterocycles. The van der Waals surface area contributed by atoms with E-state index in [1.54, 1.807) is 6.34 Å². The minimum absolute atomic E-state index is 0.0833. The molecule has 2 rings (SSSR count). The highest BCUT2D eigenvalue weighted by Gasteiger charge is 2.46. The molecule has 2 aliphatic rings. The van der Waals surface area contributed by atoms with Gasteiger partial charge in [0.15, 0.2) is 0 Å². The molecule has 1 N–H and O–H groups in total. The van der Waals surface area contributed by atoms with Crippen molar-refractivity contribution in [2.75, 3.05) is 14.1 Å². The molecule has 2 atom stereocenters. The van der Waals surface area contributed by atoms with Crippen LogP contribution in [0.4, 0.5) is 0 Å². The molecule has 4 nitrogen and oxygen atoms in total. The number of carbonyl (C=O) groups excluding carboxylic acids is 1. The van der Waals surface area contributed by atoms with Crippen molar-refractivity contribution in [3.8, 4) is 0 Å². The van der Waals surface area contributed by atoms with Gasteiger partial charge in [0.2, 0.25) is 5.91 Å². The number of nitrogens with zero attached hydrogens (tertiary/aromatic N) is 2. The van der Waals surface area contributed by atoms with Crippen LogP contribution in [0.2, 0.25) is 11.1 Å². The summed E-state index contributed by atoms with van der Waals surface area (Å²) in [5, 5.41) is 3.74. The first-order chi connectivity index (χ1) is 8.12. The third-order valence-electron chi connectivity index (χ3n) is 3.87. The molecular weight excluding hydrogens is 213 g/mol. The Labute approximate surface area is 104 Å². The molecule has 0 spiro atoms. The molecule has 0 aromatic heterocycles. The maximum Gasteiger partial charge on any atom is 0.238 e. The summed E-state index contributed by atoms with van der Waals surface area (Å²) in [7, 11) is 6.06. The summed E-state index contributed by atoms with van der Waals surface area (Å²) < 4.78 is 0. The van der Waals surface area contributed by atoms with E-state index in [1.807, 2.05) is 19.0 Å². The van der Waals surface area contributed by atoms with Crippen LogP contribution in [0, 0.1) is 0 Å². The van der Waals surface area contributed by atoms with Gasteiger partial charge in [0, 0.05) is 19.4 Å². The molecule has 1 amide bonds. The van der Waals surface area contributed by atoms with Gasteiger partial charge >= 0.3 is 0 Å². The van der Waals surface area contributed by atoms with Crippen LogP contribution in [0.3, 0.4) is 0 Å². The zero-order valence-electron chi connectivity index (χ0n) is 10.8. The van der Waals surface area contributed by atoms with Gasteiger partial charge in [-0.2, -0.15) is 5.10 Å². The third-order valence-corrected chi connectivity index (χ3v) is 3.87. The Morgan fingerprint density at radius 2 is 2.24 bits per heavy atom. The average molecular weight is 234 g/mol. The predicted octanol–water partition coefficient (Wildman–Crippen LogP) is 1.63. The minimum atomic E-state index is -0.231. The number of carbonyl (C=O) groups is 1. The van der Waals surface area contributed by atoms with E-state index in [0.29, 0.717) is 5.82 Å². The summed E-state index contributed by atoms with van der Waals surface area (Å²) in [6.07, 6.45) is 8.47. The van der Waals surface area contributed by atoms with Crippen LogP contribution in [0.5, 0.6) is 0 Å². The lowest BCUT2D eigenvalue weighted by Crippen LogP contribution is -2.35. The van der Waals surface area contributed by atoms with Gasteiger partial charge in [-0.25, -0.2) is 5.43 Å². The molecule has 2 heterocycles. The summed E-state index contributed by atoms with van der Waals surface area (Å²) in [5.74, 6) is 0.737. The van der Waals surface area contributed by atoms with Crippen molar-refractivity contribution in [3.05, 3.63) is 0 Å². The fourth-order valence-electron chi connectivity index (χ4n) is 2.96. The summed E-state index contributed by atoms with van der Waals surface area (Å²) >= 11 is 0. The van der Waals surface area contributed by atoms with Crippen LogP contribution in [0.15, 0.2) is 5.10 Å². The highest BCUT2D eigenvalue weighted by Crippen LogP contribution is 2.52. The Hall–Kier alpha value is -0.995. The zero-order chi connectivity index (χ0) is 12.3. The van der Waals surface area contributed by atoms with E-state index >= 15 is 0 Å². The number of nitrogens with one attached hydrogen (secondary N) is 1. The van der Waals surface area contributed by atoms with E-state index in [1.165, 1.54) is 19.3 Å². The lowest BCUT2D eigenvalue weighted by molar-refractivity contribution is -0.124. The lowest BCUT2D eigenvalue weighted by Gasteiger charge is -2.25. The fourth-order valence-corrected chi connectivity index (χ4v) is 2.96. The Balaban J connectivity index is 1.97. The molecule has 2 unspecified atom stereocenters. The normalized spacial score (nSPS) is 32.0. The molecule has 0 aliphatic carbocycles. The quantitative estimate of drug-likeness (QED) is 0.349. The molecule has 2 aliphatic heterocycles. The van der Waals surface area contributed by atoms with Crippen molar-refractivity contribution in [2.45, 2.75) is 49.7 Å². The number of hydrazone groups is 1. The number of amides is 1. The maximum absolute atomic E-state index is 12.2. The van der Waals surface area contributed by atoms with Crippen molar-refractivity contribution < 1.29 is 4.79 Å². The smallest absolute Gasteiger partial charge is 0.238 e. The Bertz CT molecular complexity index is 319. The largest absolute Gasteiger partial charge is 0.367 e. The van der Waals surface area contributed by atoms with E-state index in [-0.39, 0.29) is 11.2 Å². The van der Waals surface area contributed by atoms with Crippen LogP contribution in [0.1, 0.15) is 38.5 Å². The zero-order valence-corrected chi connectivity index (χ0v) is 10.8. The second-order valence-electron chi connectivity index (χ2n) is 5.52. The Morgan fingerprint density at radius 3 is 3.00 bits per heavy atom. The maximum atomic E-state index is 12.2. The molecule has 5 heteroatoms. The molecule has 0 aromatic carbocycles. The van der Waals surface area contributed by atoms with Crippen molar-refractivity contribution in [3.63, 3.8) is 0 Å². The lowest BCUT2D eigenvalue weighted by atomic mass is 9.49. The fraction of sp³-hybridized carbons (Fsp3) is 0.833. The average Bonchev–Trinajstić information content (AvgIpc) is 2.54. The van der Waals surface area contributed by atoms with Gasteiger partial charge < -0.3 is 4.90 Å². The van der Waals surface area contributed by atoms with Gasteiger partial charge in [0.1, 0.15) is 13.6 Å². The number of rotatable bonds is 3. The van der Waals surface area contributed by atoms with Crippen molar-refractivity contribution in [1.29, 1.82) is 0 Å². The van der Waals surface area contributed by atoms with E-state index in [2.05, 4.69) is 17.8 Å². The van der Waals surface area contributed by atoms with Crippen LogP contribution in [0.25, 0.3) is 0 Å². The number of hydrogen-bond acceptors (Lipinski definition) is 2.